The van der Waals surface area contributed by atoms with Gasteiger partial charge in [-0.3, -0.25) is 0 Å². The first-order chi connectivity index (χ1) is 6.56. The van der Waals surface area contributed by atoms with Crippen LogP contribution in [0.5, 0.6) is 0 Å². The van der Waals surface area contributed by atoms with E-state index in [1.165, 1.54) is 4.90 Å². The van der Waals surface area contributed by atoms with Crippen LogP contribution in [0.15, 0.2) is 16.5 Å². The van der Waals surface area contributed by atoms with Crippen molar-refractivity contribution < 1.29 is 19.4 Å². The summed E-state index contributed by atoms with van der Waals surface area (Å²) in [7, 11) is 1.62. The number of likely N-dealkylation sites (N-methyl/N-ethyl adjacent to an activating group) is 1. The standard InChI is InChI=1S/C9H13NO4/c1-6(9(12)13)10(2)8-4-3-7(5-11)14-8/h3-4,6,11H,5H2,1-2H3,(H,12,13)/t6-/m0/s1. The second-order valence-electron chi connectivity index (χ2n) is 3.02. The van der Waals surface area contributed by atoms with Gasteiger partial charge in [0.1, 0.15) is 18.4 Å². The van der Waals surface area contributed by atoms with Crippen LogP contribution in [0.1, 0.15) is 12.7 Å². The lowest BCUT2D eigenvalue weighted by atomic mass is 10.3. The van der Waals surface area contributed by atoms with Crippen LogP contribution in [0.25, 0.3) is 0 Å². The minimum Gasteiger partial charge on any atom is -0.480 e. The van der Waals surface area contributed by atoms with E-state index < -0.39 is 12.0 Å². The van der Waals surface area contributed by atoms with Gasteiger partial charge in [-0.2, -0.15) is 0 Å². The number of furan rings is 1. The maximum absolute atomic E-state index is 10.7. The maximum Gasteiger partial charge on any atom is 0.326 e. The monoisotopic (exact) mass is 199 g/mol. The maximum atomic E-state index is 10.7. The van der Waals surface area contributed by atoms with Crippen LogP contribution in [0.4, 0.5) is 5.88 Å². The smallest absolute Gasteiger partial charge is 0.326 e. The van der Waals surface area contributed by atoms with E-state index in [1.807, 2.05) is 0 Å². The number of anilines is 1. The first kappa shape index (κ1) is 10.6. The van der Waals surface area contributed by atoms with Gasteiger partial charge < -0.3 is 19.5 Å². The van der Waals surface area contributed by atoms with E-state index in [9.17, 15) is 4.79 Å². The third-order valence-electron chi connectivity index (χ3n) is 2.09. The van der Waals surface area contributed by atoms with Crippen molar-refractivity contribution in [2.45, 2.75) is 19.6 Å². The van der Waals surface area contributed by atoms with E-state index in [0.29, 0.717) is 11.6 Å². The number of aliphatic hydroxyl groups excluding tert-OH is 1. The van der Waals surface area contributed by atoms with Gasteiger partial charge in [0.05, 0.1) is 0 Å². The molecule has 1 aromatic rings. The molecule has 5 heteroatoms. The molecule has 0 aliphatic heterocycles. The van der Waals surface area contributed by atoms with Crippen molar-refractivity contribution in [3.05, 3.63) is 17.9 Å². The summed E-state index contributed by atoms with van der Waals surface area (Å²) < 4.78 is 5.18. The Bertz CT molecular complexity index is 320. The average molecular weight is 199 g/mol. The van der Waals surface area contributed by atoms with Crippen molar-refractivity contribution in [2.24, 2.45) is 0 Å². The third-order valence-corrected chi connectivity index (χ3v) is 2.09. The Hall–Kier alpha value is -1.49. The van der Waals surface area contributed by atoms with Gasteiger partial charge >= 0.3 is 5.97 Å². The summed E-state index contributed by atoms with van der Waals surface area (Å²) in [4.78, 5) is 12.1. The molecule has 1 aromatic heterocycles. The second kappa shape index (κ2) is 4.15. The van der Waals surface area contributed by atoms with Crippen LogP contribution >= 0.6 is 0 Å². The summed E-state index contributed by atoms with van der Waals surface area (Å²) in [6, 6.07) is 2.58. The highest BCUT2D eigenvalue weighted by Gasteiger charge is 2.19. The molecule has 0 spiro atoms. The Morgan fingerprint density at radius 2 is 2.29 bits per heavy atom. The molecule has 0 unspecified atom stereocenters. The molecule has 0 saturated carbocycles. The number of aliphatic hydroxyl groups is 1. The van der Waals surface area contributed by atoms with Gasteiger partial charge in [0.2, 0.25) is 0 Å². The Morgan fingerprint density at radius 1 is 1.64 bits per heavy atom. The highest BCUT2D eigenvalue weighted by atomic mass is 16.4. The highest BCUT2D eigenvalue weighted by Crippen LogP contribution is 2.19. The molecule has 0 aliphatic carbocycles. The van der Waals surface area contributed by atoms with Gasteiger partial charge in [0.15, 0.2) is 5.88 Å². The van der Waals surface area contributed by atoms with Gasteiger partial charge in [-0.05, 0) is 13.0 Å². The van der Waals surface area contributed by atoms with E-state index in [0.717, 1.165) is 0 Å². The molecule has 0 bridgehead atoms. The predicted octanol–water partition coefficient (Wildman–Crippen LogP) is 0.681. The molecule has 1 rings (SSSR count). The fourth-order valence-electron chi connectivity index (χ4n) is 0.998. The fourth-order valence-corrected chi connectivity index (χ4v) is 0.998. The number of carbonyl (C=O) groups is 1. The van der Waals surface area contributed by atoms with E-state index >= 15 is 0 Å². The minimum absolute atomic E-state index is 0.185. The van der Waals surface area contributed by atoms with Crippen molar-refractivity contribution >= 4 is 11.9 Å². The van der Waals surface area contributed by atoms with Gasteiger partial charge in [-0.1, -0.05) is 0 Å². The van der Waals surface area contributed by atoms with Crippen LogP contribution in [0, 0.1) is 0 Å². The Labute approximate surface area is 81.6 Å². The molecular formula is C9H13NO4. The average Bonchev–Trinajstić information content (AvgIpc) is 2.63. The number of aliphatic carboxylic acids is 1. The van der Waals surface area contributed by atoms with Gasteiger partial charge in [-0.25, -0.2) is 4.79 Å². The molecule has 0 saturated heterocycles. The van der Waals surface area contributed by atoms with E-state index in [2.05, 4.69) is 0 Å². The zero-order valence-electron chi connectivity index (χ0n) is 8.10. The van der Waals surface area contributed by atoms with Crippen LogP contribution in [0.3, 0.4) is 0 Å². The van der Waals surface area contributed by atoms with Crippen molar-refractivity contribution in [1.29, 1.82) is 0 Å². The number of carboxylic acids is 1. The van der Waals surface area contributed by atoms with Crippen LogP contribution in [-0.2, 0) is 11.4 Å². The molecule has 0 aliphatic rings. The summed E-state index contributed by atoms with van der Waals surface area (Å²) in [5.74, 6) is -0.0668. The highest BCUT2D eigenvalue weighted by molar-refractivity contribution is 5.76. The lowest BCUT2D eigenvalue weighted by molar-refractivity contribution is -0.138. The SMILES string of the molecule is C[C@@H](C(=O)O)N(C)c1ccc(CO)o1. The lowest BCUT2D eigenvalue weighted by Crippen LogP contribution is -2.35. The largest absolute Gasteiger partial charge is 0.480 e. The minimum atomic E-state index is -0.922. The third kappa shape index (κ3) is 2.05. The molecule has 0 aromatic carbocycles. The molecule has 2 N–H and O–H groups in total. The number of carboxylic acid groups (broad SMARTS) is 1. The molecule has 1 atom stereocenters. The zero-order chi connectivity index (χ0) is 10.7. The topological polar surface area (TPSA) is 73.9 Å². The molecule has 0 amide bonds. The normalized spacial score (nSPS) is 12.5. The lowest BCUT2D eigenvalue weighted by Gasteiger charge is -2.20. The van der Waals surface area contributed by atoms with Crippen molar-refractivity contribution in [2.75, 3.05) is 11.9 Å². The van der Waals surface area contributed by atoms with Crippen molar-refractivity contribution in [1.82, 2.24) is 0 Å². The Kier molecular flexibility index (Phi) is 3.14. The van der Waals surface area contributed by atoms with Crippen molar-refractivity contribution in [3.63, 3.8) is 0 Å². The number of hydrogen-bond donors (Lipinski definition) is 2. The van der Waals surface area contributed by atoms with E-state index in [4.69, 9.17) is 14.6 Å². The van der Waals surface area contributed by atoms with E-state index in [-0.39, 0.29) is 6.61 Å². The molecule has 1 heterocycles. The number of nitrogens with zero attached hydrogens (tertiary/aromatic N) is 1. The molecule has 0 fully saturated rings. The summed E-state index contributed by atoms with van der Waals surface area (Å²) in [5.41, 5.74) is 0. The summed E-state index contributed by atoms with van der Waals surface area (Å²) in [5, 5.41) is 17.5. The number of hydrogen-bond acceptors (Lipinski definition) is 4. The zero-order valence-corrected chi connectivity index (χ0v) is 8.10. The predicted molar refractivity (Wildman–Crippen MR) is 50.1 cm³/mol. The summed E-state index contributed by atoms with van der Waals surface area (Å²) in [6.07, 6.45) is 0. The second-order valence-corrected chi connectivity index (χ2v) is 3.02. The number of rotatable bonds is 4. The van der Waals surface area contributed by atoms with Gasteiger partial charge in [0, 0.05) is 13.1 Å². The van der Waals surface area contributed by atoms with Gasteiger partial charge in [0.25, 0.3) is 0 Å². The quantitative estimate of drug-likeness (QED) is 0.746. The Balaban J connectivity index is 2.78. The fraction of sp³-hybridized carbons (Fsp3) is 0.444. The molecule has 14 heavy (non-hydrogen) atoms. The first-order valence-corrected chi connectivity index (χ1v) is 4.21. The molecular weight excluding hydrogens is 186 g/mol. The molecule has 5 nitrogen and oxygen atoms in total. The summed E-state index contributed by atoms with van der Waals surface area (Å²) in [6.45, 7) is 1.37. The van der Waals surface area contributed by atoms with Crippen LogP contribution in [0.2, 0.25) is 0 Å². The van der Waals surface area contributed by atoms with E-state index in [1.54, 1.807) is 26.1 Å². The first-order valence-electron chi connectivity index (χ1n) is 4.21. The van der Waals surface area contributed by atoms with Gasteiger partial charge in [-0.15, -0.1) is 0 Å². The molecule has 0 radical (unpaired) electrons. The van der Waals surface area contributed by atoms with Crippen molar-refractivity contribution in [3.8, 4) is 0 Å². The van der Waals surface area contributed by atoms with Crippen LogP contribution < -0.4 is 4.90 Å². The molecule has 78 valence electrons. The van der Waals surface area contributed by atoms with Crippen LogP contribution in [-0.4, -0.2) is 29.3 Å². The Morgan fingerprint density at radius 3 is 2.71 bits per heavy atom. The summed E-state index contributed by atoms with van der Waals surface area (Å²) >= 11 is 0.